The van der Waals surface area contributed by atoms with Crippen molar-refractivity contribution in [3.63, 3.8) is 0 Å². The van der Waals surface area contributed by atoms with Gasteiger partial charge in [-0.15, -0.1) is 18.3 Å². The Morgan fingerprint density at radius 2 is 1.59 bits per heavy atom. The molecule has 1 aromatic heterocycles. The summed E-state index contributed by atoms with van der Waals surface area (Å²) in [6, 6.07) is 27.2. The Balaban J connectivity index is 1.28. The van der Waals surface area contributed by atoms with Crippen LogP contribution >= 0.6 is 0 Å². The summed E-state index contributed by atoms with van der Waals surface area (Å²) in [4.78, 5) is 17.2. The maximum absolute atomic E-state index is 13.0. The lowest BCUT2D eigenvalue weighted by Gasteiger charge is -2.11. The van der Waals surface area contributed by atoms with E-state index in [2.05, 4.69) is 20.1 Å². The zero-order chi connectivity index (χ0) is 27.4. The van der Waals surface area contributed by atoms with Gasteiger partial charge >= 0.3 is 6.36 Å². The minimum Gasteiger partial charge on any atom is -0.496 e. The minimum absolute atomic E-state index is 0.275. The van der Waals surface area contributed by atoms with Gasteiger partial charge in [-0.2, -0.15) is 0 Å². The summed E-state index contributed by atoms with van der Waals surface area (Å²) in [6.45, 7) is 0. The molecule has 0 aliphatic carbocycles. The summed E-state index contributed by atoms with van der Waals surface area (Å²) in [5.41, 5.74) is 4.02. The first-order valence-electron chi connectivity index (χ1n) is 11.7. The fourth-order valence-corrected chi connectivity index (χ4v) is 3.92. The van der Waals surface area contributed by atoms with E-state index in [0.717, 1.165) is 11.1 Å². The van der Waals surface area contributed by atoms with Gasteiger partial charge in [-0.25, -0.2) is 9.67 Å². The predicted molar refractivity (Wildman–Crippen MR) is 140 cm³/mol. The summed E-state index contributed by atoms with van der Waals surface area (Å²) in [5.74, 6) is 0.476. The number of methoxy groups -OCH3 is 1. The van der Waals surface area contributed by atoms with Crippen LogP contribution in [0.5, 0.6) is 11.5 Å². The van der Waals surface area contributed by atoms with E-state index < -0.39 is 6.36 Å². The number of aromatic nitrogens is 3. The van der Waals surface area contributed by atoms with E-state index in [0.29, 0.717) is 34.1 Å². The first kappa shape index (κ1) is 25.5. The SMILES string of the molecule is COc1ccc(C(=O)Nc2ccc(-c3ncn(-c4ccc(OC(F)(F)F)cc4)n3)cc2)cc1-c1ccccc1. The summed E-state index contributed by atoms with van der Waals surface area (Å²) in [7, 11) is 1.59. The summed E-state index contributed by atoms with van der Waals surface area (Å²) in [6.07, 6.45) is -3.30. The molecule has 5 rings (SSSR count). The lowest BCUT2D eigenvalue weighted by atomic mass is 10.0. The van der Waals surface area contributed by atoms with E-state index in [1.165, 1.54) is 35.3 Å². The van der Waals surface area contributed by atoms with Gasteiger partial charge in [0.05, 0.1) is 12.8 Å². The third-order valence-electron chi connectivity index (χ3n) is 5.77. The summed E-state index contributed by atoms with van der Waals surface area (Å²) in [5, 5.41) is 7.28. The minimum atomic E-state index is -4.76. The maximum Gasteiger partial charge on any atom is 0.573 e. The molecule has 0 saturated carbocycles. The molecule has 0 aliphatic heterocycles. The molecule has 0 saturated heterocycles. The highest BCUT2D eigenvalue weighted by Gasteiger charge is 2.31. The molecule has 5 aromatic rings. The van der Waals surface area contributed by atoms with E-state index in [1.807, 2.05) is 30.3 Å². The molecule has 0 fully saturated rings. The zero-order valence-corrected chi connectivity index (χ0v) is 20.5. The van der Waals surface area contributed by atoms with E-state index >= 15 is 0 Å². The van der Waals surface area contributed by atoms with Gasteiger partial charge in [-0.3, -0.25) is 4.79 Å². The molecule has 0 spiro atoms. The second-order valence-electron chi connectivity index (χ2n) is 8.37. The van der Waals surface area contributed by atoms with Gasteiger partial charge in [0.1, 0.15) is 17.8 Å². The Labute approximate surface area is 221 Å². The second-order valence-corrected chi connectivity index (χ2v) is 8.37. The summed E-state index contributed by atoms with van der Waals surface area (Å²) >= 11 is 0. The van der Waals surface area contributed by atoms with Crippen LogP contribution in [-0.2, 0) is 0 Å². The topological polar surface area (TPSA) is 78.3 Å². The van der Waals surface area contributed by atoms with Gasteiger partial charge in [0.2, 0.25) is 0 Å². The average Bonchev–Trinajstić information content (AvgIpc) is 3.43. The van der Waals surface area contributed by atoms with Crippen molar-refractivity contribution in [2.75, 3.05) is 12.4 Å². The Morgan fingerprint density at radius 1 is 0.872 bits per heavy atom. The number of amides is 1. The molecule has 0 unspecified atom stereocenters. The van der Waals surface area contributed by atoms with E-state index in [4.69, 9.17) is 4.74 Å². The van der Waals surface area contributed by atoms with E-state index in [-0.39, 0.29) is 11.7 Å². The molecule has 0 bridgehead atoms. The molecular formula is C29H21F3N4O3. The van der Waals surface area contributed by atoms with Crippen molar-refractivity contribution in [3.05, 3.63) is 109 Å². The molecule has 1 amide bonds. The van der Waals surface area contributed by atoms with Crippen LogP contribution in [0.4, 0.5) is 18.9 Å². The number of alkyl halides is 3. The van der Waals surface area contributed by atoms with Crippen LogP contribution in [-0.4, -0.2) is 34.1 Å². The number of hydrogen-bond acceptors (Lipinski definition) is 5. The first-order chi connectivity index (χ1) is 18.8. The zero-order valence-electron chi connectivity index (χ0n) is 20.5. The number of carbonyl (C=O) groups excluding carboxylic acids is 1. The molecule has 0 radical (unpaired) electrons. The van der Waals surface area contributed by atoms with E-state index in [1.54, 1.807) is 49.6 Å². The number of benzene rings is 4. The third-order valence-corrected chi connectivity index (χ3v) is 5.77. The molecule has 0 aliphatic rings. The summed E-state index contributed by atoms with van der Waals surface area (Å²) < 4.78 is 47.9. The number of carbonyl (C=O) groups is 1. The molecule has 0 atom stereocenters. The first-order valence-corrected chi connectivity index (χ1v) is 11.7. The van der Waals surface area contributed by atoms with Crippen molar-refractivity contribution in [1.82, 2.24) is 14.8 Å². The third kappa shape index (κ3) is 6.07. The second kappa shape index (κ2) is 10.7. The van der Waals surface area contributed by atoms with Crippen LogP contribution < -0.4 is 14.8 Å². The molecule has 39 heavy (non-hydrogen) atoms. The quantitative estimate of drug-likeness (QED) is 0.252. The Hall–Kier alpha value is -5.12. The average molecular weight is 531 g/mol. The number of anilines is 1. The van der Waals surface area contributed by atoms with E-state index in [9.17, 15) is 18.0 Å². The highest BCUT2D eigenvalue weighted by Crippen LogP contribution is 2.31. The van der Waals surface area contributed by atoms with Crippen LogP contribution in [0.25, 0.3) is 28.2 Å². The monoisotopic (exact) mass is 530 g/mol. The molecule has 4 aromatic carbocycles. The predicted octanol–water partition coefficient (Wildman–Crippen LogP) is 6.76. The van der Waals surface area contributed by atoms with Gasteiger partial charge in [-0.1, -0.05) is 30.3 Å². The largest absolute Gasteiger partial charge is 0.573 e. The Kier molecular flexibility index (Phi) is 7.00. The number of halogens is 3. The van der Waals surface area contributed by atoms with Gasteiger partial charge in [-0.05, 0) is 72.3 Å². The van der Waals surface area contributed by atoms with Crippen LogP contribution in [0, 0.1) is 0 Å². The maximum atomic E-state index is 13.0. The number of rotatable bonds is 7. The molecule has 7 nitrogen and oxygen atoms in total. The fourth-order valence-electron chi connectivity index (χ4n) is 3.92. The van der Waals surface area contributed by atoms with Crippen molar-refractivity contribution in [1.29, 1.82) is 0 Å². The fraction of sp³-hybridized carbons (Fsp3) is 0.0690. The van der Waals surface area contributed by atoms with Crippen molar-refractivity contribution in [2.24, 2.45) is 0 Å². The lowest BCUT2D eigenvalue weighted by Crippen LogP contribution is -2.17. The van der Waals surface area contributed by atoms with Crippen LogP contribution in [0.1, 0.15) is 10.4 Å². The normalized spacial score (nSPS) is 11.2. The number of hydrogen-bond donors (Lipinski definition) is 1. The molecule has 1 heterocycles. The van der Waals surface area contributed by atoms with Crippen molar-refractivity contribution in [3.8, 4) is 39.7 Å². The standard InChI is InChI=1S/C29H21F3N4O3/c1-38-26-16-9-21(17-25(26)19-5-3-2-4-6-19)28(37)34-22-10-7-20(8-11-22)27-33-18-36(35-27)23-12-14-24(15-13-23)39-29(30,31)32/h2-18H,1H3,(H,34,37). The smallest absolute Gasteiger partial charge is 0.496 e. The highest BCUT2D eigenvalue weighted by atomic mass is 19.4. The van der Waals surface area contributed by atoms with Crippen molar-refractivity contribution < 1.29 is 27.4 Å². The number of nitrogens with zero attached hydrogens (tertiary/aromatic N) is 3. The van der Waals surface area contributed by atoms with Gasteiger partial charge < -0.3 is 14.8 Å². The number of ether oxygens (including phenoxy) is 2. The Morgan fingerprint density at radius 3 is 2.26 bits per heavy atom. The number of nitrogens with one attached hydrogen (secondary N) is 1. The van der Waals surface area contributed by atoms with Crippen LogP contribution in [0.2, 0.25) is 0 Å². The molecule has 10 heteroatoms. The van der Waals surface area contributed by atoms with Gasteiger partial charge in [0.25, 0.3) is 5.91 Å². The molecular weight excluding hydrogens is 509 g/mol. The highest BCUT2D eigenvalue weighted by molar-refractivity contribution is 6.05. The van der Waals surface area contributed by atoms with Gasteiger partial charge in [0, 0.05) is 22.4 Å². The van der Waals surface area contributed by atoms with Crippen molar-refractivity contribution >= 4 is 11.6 Å². The van der Waals surface area contributed by atoms with Gasteiger partial charge in [0.15, 0.2) is 5.82 Å². The molecule has 196 valence electrons. The van der Waals surface area contributed by atoms with Crippen LogP contribution in [0.3, 0.4) is 0 Å². The Bertz CT molecular complexity index is 1580. The van der Waals surface area contributed by atoms with Crippen LogP contribution in [0.15, 0.2) is 103 Å². The van der Waals surface area contributed by atoms with Crippen molar-refractivity contribution in [2.45, 2.75) is 6.36 Å². The molecule has 1 N–H and O–H groups in total. The lowest BCUT2D eigenvalue weighted by molar-refractivity contribution is -0.274.